The molecule has 0 heterocycles. The molecule has 5 heteroatoms. The summed E-state index contributed by atoms with van der Waals surface area (Å²) in [6, 6.07) is 5.60. The SMILES string of the molecule is Cc1ccc(C)c(NC(=O)C(=O)NCC(C)O)c1. The normalized spacial score (nSPS) is 11.8. The Hall–Kier alpha value is -1.88. The van der Waals surface area contributed by atoms with E-state index in [1.54, 1.807) is 6.07 Å². The van der Waals surface area contributed by atoms with E-state index in [4.69, 9.17) is 5.11 Å². The number of rotatable bonds is 3. The fraction of sp³-hybridized carbons (Fsp3) is 0.385. The molecule has 0 aliphatic carbocycles. The molecule has 1 aromatic carbocycles. The first-order valence-electron chi connectivity index (χ1n) is 5.74. The molecule has 3 N–H and O–H groups in total. The lowest BCUT2D eigenvalue weighted by molar-refractivity contribution is -0.136. The molecule has 0 aromatic heterocycles. The second kappa shape index (κ2) is 6.16. The highest BCUT2D eigenvalue weighted by Crippen LogP contribution is 2.15. The van der Waals surface area contributed by atoms with Crippen molar-refractivity contribution in [2.75, 3.05) is 11.9 Å². The third-order valence-electron chi connectivity index (χ3n) is 2.41. The molecular weight excluding hydrogens is 232 g/mol. The summed E-state index contributed by atoms with van der Waals surface area (Å²) in [7, 11) is 0. The van der Waals surface area contributed by atoms with Crippen LogP contribution in [0.15, 0.2) is 18.2 Å². The summed E-state index contributed by atoms with van der Waals surface area (Å²) >= 11 is 0. The predicted octanol–water partition coefficient (Wildman–Crippen LogP) is 0.739. The van der Waals surface area contributed by atoms with Crippen LogP contribution in [0.3, 0.4) is 0 Å². The molecule has 0 aliphatic heterocycles. The highest BCUT2D eigenvalue weighted by molar-refractivity contribution is 6.39. The molecule has 1 aromatic rings. The number of hydrogen-bond donors (Lipinski definition) is 3. The van der Waals surface area contributed by atoms with Gasteiger partial charge in [-0.2, -0.15) is 0 Å². The highest BCUT2D eigenvalue weighted by atomic mass is 16.3. The summed E-state index contributed by atoms with van der Waals surface area (Å²) in [4.78, 5) is 23.0. The quantitative estimate of drug-likeness (QED) is 0.692. The first kappa shape index (κ1) is 14.2. The van der Waals surface area contributed by atoms with E-state index in [2.05, 4.69) is 10.6 Å². The van der Waals surface area contributed by atoms with Crippen molar-refractivity contribution in [2.24, 2.45) is 0 Å². The van der Waals surface area contributed by atoms with Gasteiger partial charge in [-0.25, -0.2) is 0 Å². The van der Waals surface area contributed by atoms with E-state index in [9.17, 15) is 9.59 Å². The summed E-state index contributed by atoms with van der Waals surface area (Å²) in [5.41, 5.74) is 2.50. The van der Waals surface area contributed by atoms with Gasteiger partial charge in [-0.1, -0.05) is 12.1 Å². The molecule has 0 bridgehead atoms. The molecule has 2 amide bonds. The molecule has 18 heavy (non-hydrogen) atoms. The van der Waals surface area contributed by atoms with Crippen LogP contribution in [0.2, 0.25) is 0 Å². The van der Waals surface area contributed by atoms with Crippen molar-refractivity contribution in [1.82, 2.24) is 5.32 Å². The van der Waals surface area contributed by atoms with Crippen LogP contribution >= 0.6 is 0 Å². The van der Waals surface area contributed by atoms with E-state index in [0.717, 1.165) is 11.1 Å². The molecule has 1 rings (SSSR count). The van der Waals surface area contributed by atoms with Crippen molar-refractivity contribution in [3.8, 4) is 0 Å². The number of nitrogens with one attached hydrogen (secondary N) is 2. The Morgan fingerprint density at radius 2 is 1.94 bits per heavy atom. The van der Waals surface area contributed by atoms with Gasteiger partial charge in [0, 0.05) is 12.2 Å². The molecule has 0 spiro atoms. The summed E-state index contributed by atoms with van der Waals surface area (Å²) < 4.78 is 0. The van der Waals surface area contributed by atoms with Crippen molar-refractivity contribution in [2.45, 2.75) is 26.9 Å². The van der Waals surface area contributed by atoms with Crippen LogP contribution in [0.5, 0.6) is 0 Å². The number of carbonyl (C=O) groups excluding carboxylic acids is 2. The van der Waals surface area contributed by atoms with Crippen LogP contribution in [-0.4, -0.2) is 29.6 Å². The van der Waals surface area contributed by atoms with Gasteiger partial charge in [-0.05, 0) is 38.0 Å². The number of aliphatic hydroxyl groups is 1. The summed E-state index contributed by atoms with van der Waals surface area (Å²) in [5, 5.41) is 13.9. The van der Waals surface area contributed by atoms with Crippen LogP contribution in [0.4, 0.5) is 5.69 Å². The van der Waals surface area contributed by atoms with Crippen molar-refractivity contribution in [3.63, 3.8) is 0 Å². The third-order valence-corrected chi connectivity index (χ3v) is 2.41. The predicted molar refractivity (Wildman–Crippen MR) is 69.2 cm³/mol. The topological polar surface area (TPSA) is 78.4 Å². The summed E-state index contributed by atoms with van der Waals surface area (Å²) in [6.07, 6.45) is -0.678. The van der Waals surface area contributed by atoms with E-state index >= 15 is 0 Å². The van der Waals surface area contributed by atoms with Crippen molar-refractivity contribution in [1.29, 1.82) is 0 Å². The molecule has 0 saturated carbocycles. The fourth-order valence-electron chi connectivity index (χ4n) is 1.37. The number of carbonyl (C=O) groups is 2. The maximum Gasteiger partial charge on any atom is 0.313 e. The van der Waals surface area contributed by atoms with Gasteiger partial charge in [0.1, 0.15) is 0 Å². The Labute approximate surface area is 106 Å². The van der Waals surface area contributed by atoms with Gasteiger partial charge in [0.25, 0.3) is 0 Å². The maximum absolute atomic E-state index is 11.6. The zero-order valence-corrected chi connectivity index (χ0v) is 10.8. The standard InChI is InChI=1S/C13H18N2O3/c1-8-4-5-9(2)11(6-8)15-13(18)12(17)14-7-10(3)16/h4-6,10,16H,7H2,1-3H3,(H,14,17)(H,15,18). The summed E-state index contributed by atoms with van der Waals surface area (Å²) in [5.74, 6) is -1.49. The molecular formula is C13H18N2O3. The lowest BCUT2D eigenvalue weighted by Gasteiger charge is -2.10. The van der Waals surface area contributed by atoms with Crippen molar-refractivity contribution in [3.05, 3.63) is 29.3 Å². The average molecular weight is 250 g/mol. The van der Waals surface area contributed by atoms with E-state index in [1.807, 2.05) is 26.0 Å². The molecule has 5 nitrogen and oxygen atoms in total. The van der Waals surface area contributed by atoms with Gasteiger partial charge in [-0.15, -0.1) is 0 Å². The monoisotopic (exact) mass is 250 g/mol. The van der Waals surface area contributed by atoms with Crippen molar-refractivity contribution < 1.29 is 14.7 Å². The second-order valence-corrected chi connectivity index (χ2v) is 4.33. The minimum Gasteiger partial charge on any atom is -0.392 e. The van der Waals surface area contributed by atoms with Gasteiger partial charge in [0.15, 0.2) is 0 Å². The lowest BCUT2D eigenvalue weighted by atomic mass is 10.1. The minimum atomic E-state index is -0.753. The van der Waals surface area contributed by atoms with E-state index in [1.165, 1.54) is 6.92 Å². The summed E-state index contributed by atoms with van der Waals surface area (Å²) in [6.45, 7) is 5.34. The Morgan fingerprint density at radius 3 is 2.56 bits per heavy atom. The minimum absolute atomic E-state index is 0.0546. The van der Waals surface area contributed by atoms with Crippen LogP contribution in [-0.2, 0) is 9.59 Å². The molecule has 1 atom stereocenters. The lowest BCUT2D eigenvalue weighted by Crippen LogP contribution is -2.38. The van der Waals surface area contributed by atoms with Crippen molar-refractivity contribution >= 4 is 17.5 Å². The second-order valence-electron chi connectivity index (χ2n) is 4.33. The first-order chi connectivity index (χ1) is 8.40. The molecule has 0 fully saturated rings. The molecule has 98 valence electrons. The average Bonchev–Trinajstić information content (AvgIpc) is 2.30. The van der Waals surface area contributed by atoms with E-state index in [0.29, 0.717) is 5.69 Å². The largest absolute Gasteiger partial charge is 0.392 e. The Bertz CT molecular complexity index is 456. The zero-order valence-electron chi connectivity index (χ0n) is 10.8. The zero-order chi connectivity index (χ0) is 13.7. The molecule has 0 aliphatic rings. The fourth-order valence-corrected chi connectivity index (χ4v) is 1.37. The number of benzene rings is 1. The van der Waals surface area contributed by atoms with Crippen LogP contribution in [0, 0.1) is 13.8 Å². The molecule has 1 unspecified atom stereocenters. The third kappa shape index (κ3) is 4.18. The number of amides is 2. The highest BCUT2D eigenvalue weighted by Gasteiger charge is 2.14. The number of aliphatic hydroxyl groups excluding tert-OH is 1. The smallest absolute Gasteiger partial charge is 0.313 e. The molecule has 0 saturated heterocycles. The van der Waals surface area contributed by atoms with Gasteiger partial charge >= 0.3 is 11.8 Å². The van der Waals surface area contributed by atoms with Gasteiger partial charge in [0.05, 0.1) is 6.10 Å². The van der Waals surface area contributed by atoms with Crippen LogP contribution in [0.1, 0.15) is 18.1 Å². The van der Waals surface area contributed by atoms with E-state index < -0.39 is 17.9 Å². The number of anilines is 1. The van der Waals surface area contributed by atoms with Crippen LogP contribution < -0.4 is 10.6 Å². The Balaban J connectivity index is 2.64. The first-order valence-corrected chi connectivity index (χ1v) is 5.74. The number of hydrogen-bond acceptors (Lipinski definition) is 3. The molecule has 0 radical (unpaired) electrons. The Morgan fingerprint density at radius 1 is 1.28 bits per heavy atom. The Kier molecular flexibility index (Phi) is 4.85. The van der Waals surface area contributed by atoms with Gasteiger partial charge in [-0.3, -0.25) is 9.59 Å². The van der Waals surface area contributed by atoms with Gasteiger partial charge in [0.2, 0.25) is 0 Å². The van der Waals surface area contributed by atoms with Gasteiger partial charge < -0.3 is 15.7 Å². The maximum atomic E-state index is 11.6. The van der Waals surface area contributed by atoms with E-state index in [-0.39, 0.29) is 6.54 Å². The van der Waals surface area contributed by atoms with Crippen LogP contribution in [0.25, 0.3) is 0 Å². The number of aryl methyl sites for hydroxylation is 2.